The van der Waals surface area contributed by atoms with Crippen LogP contribution in [0.15, 0.2) is 0 Å². The van der Waals surface area contributed by atoms with Gasteiger partial charge < -0.3 is 14.5 Å². The van der Waals surface area contributed by atoms with Crippen LogP contribution in [0.4, 0.5) is 0 Å². The van der Waals surface area contributed by atoms with E-state index >= 15 is 0 Å². The molecule has 0 bridgehead atoms. The number of aliphatic hydroxyl groups excluding tert-OH is 1. The van der Waals surface area contributed by atoms with Gasteiger partial charge in [0.2, 0.25) is 0 Å². The molecular formula is C13H31N2O4S+. The highest BCUT2D eigenvalue weighted by atomic mass is 32.2. The molecule has 0 saturated heterocycles. The normalized spacial score (nSPS) is 15.5. The van der Waals surface area contributed by atoms with Gasteiger partial charge in [0.15, 0.2) is 0 Å². The third-order valence-electron chi connectivity index (χ3n) is 3.58. The van der Waals surface area contributed by atoms with Crippen molar-refractivity contribution in [3.63, 3.8) is 0 Å². The van der Waals surface area contributed by atoms with E-state index in [0.717, 1.165) is 43.5 Å². The Hall–Kier alpha value is -0.210. The third-order valence-corrected chi connectivity index (χ3v) is 4.39. The van der Waals surface area contributed by atoms with Crippen molar-refractivity contribution in [2.24, 2.45) is 0 Å². The lowest BCUT2D eigenvalue weighted by molar-refractivity contribution is -0.909. The largest absolute Gasteiger partial charge is 0.395 e. The van der Waals surface area contributed by atoms with E-state index in [9.17, 15) is 8.42 Å². The van der Waals surface area contributed by atoms with Crippen molar-refractivity contribution in [3.8, 4) is 0 Å². The first kappa shape index (κ1) is 19.8. The molecule has 0 aliphatic heterocycles. The molecule has 0 heterocycles. The molecule has 0 saturated carbocycles. The minimum Gasteiger partial charge on any atom is -0.395 e. The van der Waals surface area contributed by atoms with Gasteiger partial charge in [0.1, 0.15) is 0 Å². The Labute approximate surface area is 123 Å². The summed E-state index contributed by atoms with van der Waals surface area (Å²) < 4.78 is 31.2. The zero-order valence-electron chi connectivity index (χ0n) is 13.1. The van der Waals surface area contributed by atoms with E-state index in [4.69, 9.17) is 9.66 Å². The fraction of sp³-hybridized carbons (Fsp3) is 1.00. The fourth-order valence-electron chi connectivity index (χ4n) is 2.51. The van der Waals surface area contributed by atoms with E-state index < -0.39 is 10.1 Å². The Morgan fingerprint density at radius 1 is 1.10 bits per heavy atom. The summed E-state index contributed by atoms with van der Waals surface area (Å²) in [6.45, 7) is 6.65. The fourth-order valence-corrected chi connectivity index (χ4v) is 3.00. The Morgan fingerprint density at radius 2 is 1.70 bits per heavy atom. The Balaban J connectivity index is 4.16. The summed E-state index contributed by atoms with van der Waals surface area (Å²) in [7, 11) is 0.274. The number of rotatable bonds is 12. The van der Waals surface area contributed by atoms with Gasteiger partial charge in [0, 0.05) is 25.9 Å². The molecule has 7 heteroatoms. The zero-order valence-corrected chi connectivity index (χ0v) is 13.9. The first-order chi connectivity index (χ1) is 9.22. The second-order valence-electron chi connectivity index (χ2n) is 5.81. The van der Waals surface area contributed by atoms with E-state index in [0.29, 0.717) is 13.0 Å². The number of likely N-dealkylation sites (N-methyl/N-ethyl adjacent to an activating group) is 1. The molecule has 0 amide bonds. The average Bonchev–Trinajstić information content (AvgIpc) is 2.27. The maximum Gasteiger partial charge on any atom is 0.265 e. The second-order valence-corrected chi connectivity index (χ2v) is 7.38. The van der Waals surface area contributed by atoms with E-state index in [1.165, 1.54) is 0 Å². The zero-order chi connectivity index (χ0) is 15.6. The molecule has 6 nitrogen and oxygen atoms in total. The molecule has 122 valence electrons. The van der Waals surface area contributed by atoms with Gasteiger partial charge >= 0.3 is 0 Å². The monoisotopic (exact) mass is 311 g/mol. The van der Waals surface area contributed by atoms with Crippen LogP contribution in [0.2, 0.25) is 0 Å². The molecule has 0 spiro atoms. The van der Waals surface area contributed by atoms with Crippen LogP contribution in [-0.4, -0.2) is 86.6 Å². The molecule has 0 aliphatic carbocycles. The Kier molecular flexibility index (Phi) is 9.58. The molecule has 0 aromatic rings. The highest BCUT2D eigenvalue weighted by Crippen LogP contribution is 2.09. The summed E-state index contributed by atoms with van der Waals surface area (Å²) in [6, 6.07) is 0. The predicted molar refractivity (Wildman–Crippen MR) is 81.3 cm³/mol. The van der Waals surface area contributed by atoms with Crippen molar-refractivity contribution in [1.29, 1.82) is 0 Å². The topological polar surface area (TPSA) is 77.8 Å². The molecule has 0 radical (unpaired) electrons. The summed E-state index contributed by atoms with van der Waals surface area (Å²) >= 11 is 0. The van der Waals surface area contributed by atoms with E-state index in [1.807, 2.05) is 7.05 Å². The minimum absolute atomic E-state index is 0.158. The molecule has 0 fully saturated rings. The van der Waals surface area contributed by atoms with E-state index in [-0.39, 0.29) is 12.4 Å². The van der Waals surface area contributed by atoms with Crippen LogP contribution in [0.1, 0.15) is 26.2 Å². The minimum atomic E-state index is -3.85. The maximum absolute atomic E-state index is 10.8. The molecule has 1 unspecified atom stereocenters. The van der Waals surface area contributed by atoms with Gasteiger partial charge in [-0.15, -0.1) is 0 Å². The standard InChI is InChI=1S/C13H30N2O4S/c1-4-9-15(3,11-6-13-20(17,18)19)10-5-7-14(2)8-12-16/h16H,4-13H2,1-3H3/p+1. The molecule has 20 heavy (non-hydrogen) atoms. The Bertz CT molecular complexity index is 348. The lowest BCUT2D eigenvalue weighted by atomic mass is 10.2. The third kappa shape index (κ3) is 10.6. The van der Waals surface area contributed by atoms with Crippen molar-refractivity contribution in [2.45, 2.75) is 26.2 Å². The number of hydrogen-bond acceptors (Lipinski definition) is 4. The highest BCUT2D eigenvalue weighted by Gasteiger charge is 2.21. The quantitative estimate of drug-likeness (QED) is 0.404. The predicted octanol–water partition coefficient (Wildman–Crippen LogP) is 0.435. The molecule has 2 N–H and O–H groups in total. The summed E-state index contributed by atoms with van der Waals surface area (Å²) in [6.07, 6.45) is 2.55. The van der Waals surface area contributed by atoms with Crippen LogP contribution < -0.4 is 0 Å². The van der Waals surface area contributed by atoms with Crippen molar-refractivity contribution in [1.82, 2.24) is 4.90 Å². The maximum atomic E-state index is 10.8. The molecule has 0 rings (SSSR count). The van der Waals surface area contributed by atoms with Crippen LogP contribution in [0, 0.1) is 0 Å². The average molecular weight is 311 g/mol. The Morgan fingerprint density at radius 3 is 2.20 bits per heavy atom. The molecule has 1 atom stereocenters. The number of quaternary nitrogens is 1. The van der Waals surface area contributed by atoms with Crippen LogP contribution >= 0.6 is 0 Å². The van der Waals surface area contributed by atoms with Crippen molar-refractivity contribution in [3.05, 3.63) is 0 Å². The van der Waals surface area contributed by atoms with Gasteiger partial charge in [0.05, 0.1) is 39.0 Å². The van der Waals surface area contributed by atoms with Crippen LogP contribution in [0.5, 0.6) is 0 Å². The SMILES string of the molecule is CCC[N+](C)(CCCN(C)CCO)CCCS(=O)(=O)O. The van der Waals surface area contributed by atoms with Gasteiger partial charge in [-0.3, -0.25) is 4.55 Å². The molecule has 0 aromatic heterocycles. The summed E-state index contributed by atoms with van der Waals surface area (Å²) in [5.41, 5.74) is 0. The second kappa shape index (κ2) is 9.68. The summed E-state index contributed by atoms with van der Waals surface area (Å²) in [5.74, 6) is -0.158. The molecule has 0 aliphatic rings. The van der Waals surface area contributed by atoms with Crippen molar-refractivity contribution >= 4 is 10.1 Å². The number of aliphatic hydroxyl groups is 1. The van der Waals surface area contributed by atoms with Gasteiger partial charge in [-0.05, 0) is 13.5 Å². The number of hydrogen-bond donors (Lipinski definition) is 2. The number of nitrogens with zero attached hydrogens (tertiary/aromatic N) is 2. The first-order valence-electron chi connectivity index (χ1n) is 7.30. The first-order valence-corrected chi connectivity index (χ1v) is 8.91. The van der Waals surface area contributed by atoms with Gasteiger partial charge in [0.25, 0.3) is 10.1 Å². The van der Waals surface area contributed by atoms with Crippen molar-refractivity contribution < 1.29 is 22.6 Å². The van der Waals surface area contributed by atoms with Crippen LogP contribution in [-0.2, 0) is 10.1 Å². The van der Waals surface area contributed by atoms with Crippen LogP contribution in [0.25, 0.3) is 0 Å². The van der Waals surface area contributed by atoms with Gasteiger partial charge in [-0.2, -0.15) is 8.42 Å². The lowest BCUT2D eigenvalue weighted by Crippen LogP contribution is -2.47. The summed E-state index contributed by atoms with van der Waals surface area (Å²) in [4.78, 5) is 2.09. The van der Waals surface area contributed by atoms with E-state index in [2.05, 4.69) is 18.9 Å². The van der Waals surface area contributed by atoms with E-state index in [1.54, 1.807) is 0 Å². The lowest BCUT2D eigenvalue weighted by Gasteiger charge is -2.35. The highest BCUT2D eigenvalue weighted by molar-refractivity contribution is 7.85. The van der Waals surface area contributed by atoms with Gasteiger partial charge in [-0.1, -0.05) is 6.92 Å². The van der Waals surface area contributed by atoms with Crippen molar-refractivity contribution in [2.75, 3.05) is 59.2 Å². The van der Waals surface area contributed by atoms with Crippen LogP contribution in [0.3, 0.4) is 0 Å². The summed E-state index contributed by atoms with van der Waals surface area (Å²) in [5, 5.41) is 8.85. The van der Waals surface area contributed by atoms with Gasteiger partial charge in [-0.25, -0.2) is 0 Å². The smallest absolute Gasteiger partial charge is 0.265 e. The molecule has 0 aromatic carbocycles. The molecular weight excluding hydrogens is 280 g/mol.